The van der Waals surface area contributed by atoms with Gasteiger partial charge in [-0.3, -0.25) is 4.79 Å². The fraction of sp³-hybridized carbons (Fsp3) is 0. The van der Waals surface area contributed by atoms with Crippen molar-refractivity contribution in [3.05, 3.63) is 66.4 Å². The van der Waals surface area contributed by atoms with Crippen LogP contribution >= 0.6 is 0 Å². The third kappa shape index (κ3) is 2.78. The Kier molecular flexibility index (Phi) is 3.53. The van der Waals surface area contributed by atoms with Gasteiger partial charge in [0.1, 0.15) is 5.69 Å². The fourth-order valence-electron chi connectivity index (χ4n) is 2.20. The Balaban J connectivity index is 1.98. The number of aromatic nitrogens is 2. The van der Waals surface area contributed by atoms with E-state index in [-0.39, 0.29) is 11.6 Å². The second kappa shape index (κ2) is 5.65. The molecule has 0 saturated heterocycles. The van der Waals surface area contributed by atoms with Gasteiger partial charge in [-0.15, -0.1) is 0 Å². The van der Waals surface area contributed by atoms with Gasteiger partial charge in [0, 0.05) is 5.56 Å². The number of primary amides is 1. The van der Waals surface area contributed by atoms with Crippen molar-refractivity contribution in [1.82, 2.24) is 9.97 Å². The highest BCUT2D eigenvalue weighted by Gasteiger charge is 2.09. The zero-order valence-corrected chi connectivity index (χ0v) is 11.7. The molecule has 2 aromatic carbocycles. The zero-order chi connectivity index (χ0) is 15.5. The Labute approximate surface area is 127 Å². The summed E-state index contributed by atoms with van der Waals surface area (Å²) >= 11 is 0. The molecule has 0 aliphatic carbocycles. The molecular formula is C17H14N4O. The molecule has 0 saturated carbocycles. The lowest BCUT2D eigenvalue weighted by Crippen LogP contribution is -2.15. The van der Waals surface area contributed by atoms with Crippen LogP contribution in [0.1, 0.15) is 10.5 Å². The molecule has 0 spiro atoms. The fourth-order valence-corrected chi connectivity index (χ4v) is 2.20. The van der Waals surface area contributed by atoms with Gasteiger partial charge in [-0.2, -0.15) is 0 Å². The Morgan fingerprint density at radius 2 is 1.41 bits per heavy atom. The molecule has 1 heterocycles. The van der Waals surface area contributed by atoms with Crippen LogP contribution in [0.5, 0.6) is 0 Å². The molecule has 0 radical (unpaired) electrons. The van der Waals surface area contributed by atoms with E-state index in [0.717, 1.165) is 16.7 Å². The molecule has 3 rings (SSSR count). The molecule has 1 aromatic heterocycles. The minimum Gasteiger partial charge on any atom is -0.368 e. The lowest BCUT2D eigenvalue weighted by Gasteiger charge is -2.06. The van der Waals surface area contributed by atoms with Gasteiger partial charge in [-0.05, 0) is 17.2 Å². The topological polar surface area (TPSA) is 94.9 Å². The number of hydrogen-bond acceptors (Lipinski definition) is 4. The largest absolute Gasteiger partial charge is 0.368 e. The Bertz CT molecular complexity index is 814. The number of benzene rings is 2. The number of carbonyl (C=O) groups excluding carboxylic acids is 1. The number of carbonyl (C=O) groups is 1. The summed E-state index contributed by atoms with van der Waals surface area (Å²) in [7, 11) is 0. The Morgan fingerprint density at radius 1 is 0.818 bits per heavy atom. The molecule has 22 heavy (non-hydrogen) atoms. The molecule has 0 unspecified atom stereocenters. The van der Waals surface area contributed by atoms with Crippen LogP contribution in [0.15, 0.2) is 60.7 Å². The number of nitrogens with two attached hydrogens (primary N) is 2. The maximum atomic E-state index is 11.3. The monoisotopic (exact) mass is 290 g/mol. The molecule has 3 aromatic rings. The minimum atomic E-state index is -0.628. The van der Waals surface area contributed by atoms with Crippen LogP contribution in [0.25, 0.3) is 22.4 Å². The highest BCUT2D eigenvalue weighted by Crippen LogP contribution is 2.24. The number of amides is 1. The lowest BCUT2D eigenvalue weighted by atomic mass is 10.0. The highest BCUT2D eigenvalue weighted by molar-refractivity contribution is 5.92. The SMILES string of the molecule is NC(=O)c1cc(-c2ccc(-c3ccccc3)cc2)nc(N)n1. The summed E-state index contributed by atoms with van der Waals surface area (Å²) in [5, 5.41) is 0. The van der Waals surface area contributed by atoms with E-state index in [0.29, 0.717) is 5.69 Å². The summed E-state index contributed by atoms with van der Waals surface area (Å²) in [6.07, 6.45) is 0. The van der Waals surface area contributed by atoms with Crippen LogP contribution in [0.2, 0.25) is 0 Å². The first-order valence-electron chi connectivity index (χ1n) is 6.74. The number of nitrogens with zero attached hydrogens (tertiary/aromatic N) is 2. The normalized spacial score (nSPS) is 10.4. The van der Waals surface area contributed by atoms with Crippen molar-refractivity contribution in [3.8, 4) is 22.4 Å². The van der Waals surface area contributed by atoms with Crippen LogP contribution in [-0.4, -0.2) is 15.9 Å². The van der Waals surface area contributed by atoms with E-state index in [9.17, 15) is 4.79 Å². The first-order chi connectivity index (χ1) is 10.6. The summed E-state index contributed by atoms with van der Waals surface area (Å²) in [6.45, 7) is 0. The van der Waals surface area contributed by atoms with E-state index < -0.39 is 5.91 Å². The molecule has 5 nitrogen and oxygen atoms in total. The van der Waals surface area contributed by atoms with Crippen molar-refractivity contribution in [3.63, 3.8) is 0 Å². The van der Waals surface area contributed by atoms with Crippen molar-refractivity contribution >= 4 is 11.9 Å². The van der Waals surface area contributed by atoms with Crippen LogP contribution in [0.4, 0.5) is 5.95 Å². The van der Waals surface area contributed by atoms with Crippen molar-refractivity contribution in [1.29, 1.82) is 0 Å². The van der Waals surface area contributed by atoms with Crippen LogP contribution in [0.3, 0.4) is 0 Å². The quantitative estimate of drug-likeness (QED) is 0.774. The second-order valence-electron chi connectivity index (χ2n) is 4.80. The molecule has 0 aliphatic rings. The maximum Gasteiger partial charge on any atom is 0.267 e. The molecule has 5 heteroatoms. The van der Waals surface area contributed by atoms with E-state index >= 15 is 0 Å². The molecule has 0 atom stereocenters. The van der Waals surface area contributed by atoms with Gasteiger partial charge in [-0.1, -0.05) is 54.6 Å². The number of rotatable bonds is 3. The first kappa shape index (κ1) is 13.8. The highest BCUT2D eigenvalue weighted by atomic mass is 16.1. The smallest absolute Gasteiger partial charge is 0.267 e. The van der Waals surface area contributed by atoms with E-state index in [1.54, 1.807) is 0 Å². The molecule has 0 aliphatic heterocycles. The van der Waals surface area contributed by atoms with Gasteiger partial charge < -0.3 is 11.5 Å². The van der Waals surface area contributed by atoms with Gasteiger partial charge in [0.25, 0.3) is 5.91 Å². The molecular weight excluding hydrogens is 276 g/mol. The summed E-state index contributed by atoms with van der Waals surface area (Å²) < 4.78 is 0. The maximum absolute atomic E-state index is 11.3. The average Bonchev–Trinajstić information content (AvgIpc) is 2.55. The number of nitrogen functional groups attached to an aromatic ring is 1. The van der Waals surface area contributed by atoms with Crippen molar-refractivity contribution in [2.45, 2.75) is 0 Å². The van der Waals surface area contributed by atoms with E-state index in [2.05, 4.69) is 9.97 Å². The lowest BCUT2D eigenvalue weighted by molar-refractivity contribution is 0.0995. The summed E-state index contributed by atoms with van der Waals surface area (Å²) in [5.41, 5.74) is 14.6. The molecule has 1 amide bonds. The number of hydrogen-bond donors (Lipinski definition) is 2. The van der Waals surface area contributed by atoms with E-state index in [1.165, 1.54) is 6.07 Å². The number of anilines is 1. The van der Waals surface area contributed by atoms with Crippen LogP contribution in [-0.2, 0) is 0 Å². The van der Waals surface area contributed by atoms with Crippen LogP contribution in [0, 0.1) is 0 Å². The minimum absolute atomic E-state index is 0.0263. The van der Waals surface area contributed by atoms with E-state index in [1.807, 2.05) is 54.6 Å². The van der Waals surface area contributed by atoms with Gasteiger partial charge in [0.05, 0.1) is 5.69 Å². The summed E-state index contributed by atoms with van der Waals surface area (Å²) in [5.74, 6) is -0.602. The third-order valence-electron chi connectivity index (χ3n) is 3.28. The summed E-state index contributed by atoms with van der Waals surface area (Å²) in [4.78, 5) is 19.2. The molecule has 108 valence electrons. The van der Waals surface area contributed by atoms with Gasteiger partial charge in [-0.25, -0.2) is 9.97 Å². The summed E-state index contributed by atoms with van der Waals surface area (Å²) in [6, 6.07) is 19.4. The Hall–Kier alpha value is -3.21. The second-order valence-corrected chi connectivity index (χ2v) is 4.80. The van der Waals surface area contributed by atoms with Gasteiger partial charge in [0.2, 0.25) is 5.95 Å². The molecule has 4 N–H and O–H groups in total. The predicted octanol–water partition coefficient (Wildman–Crippen LogP) is 2.49. The molecule has 0 fully saturated rings. The van der Waals surface area contributed by atoms with Crippen LogP contribution < -0.4 is 11.5 Å². The van der Waals surface area contributed by atoms with Crippen molar-refractivity contribution in [2.24, 2.45) is 5.73 Å². The average molecular weight is 290 g/mol. The standard InChI is InChI=1S/C17H14N4O/c18-16(22)15-10-14(20-17(19)21-15)13-8-6-12(7-9-13)11-4-2-1-3-5-11/h1-10H,(H2,18,22)(H2,19,20,21). The zero-order valence-electron chi connectivity index (χ0n) is 11.7. The molecule has 0 bridgehead atoms. The Morgan fingerprint density at radius 3 is 2.05 bits per heavy atom. The first-order valence-corrected chi connectivity index (χ1v) is 6.74. The third-order valence-corrected chi connectivity index (χ3v) is 3.28. The predicted molar refractivity (Wildman–Crippen MR) is 85.8 cm³/mol. The van der Waals surface area contributed by atoms with Crippen molar-refractivity contribution in [2.75, 3.05) is 5.73 Å². The van der Waals surface area contributed by atoms with E-state index in [4.69, 9.17) is 11.5 Å². The van der Waals surface area contributed by atoms with Crippen molar-refractivity contribution < 1.29 is 4.79 Å². The van der Waals surface area contributed by atoms with Gasteiger partial charge >= 0.3 is 0 Å². The van der Waals surface area contributed by atoms with Gasteiger partial charge in [0.15, 0.2) is 0 Å².